The molecule has 88 valence electrons. The van der Waals surface area contributed by atoms with Crippen molar-refractivity contribution >= 4 is 15.9 Å². The van der Waals surface area contributed by atoms with Crippen LogP contribution in [0.2, 0.25) is 0 Å². The van der Waals surface area contributed by atoms with Crippen molar-refractivity contribution in [1.82, 2.24) is 0 Å². The third-order valence-corrected chi connectivity index (χ3v) is 2.23. The average Bonchev–Trinajstić information content (AvgIpc) is 2.27. The molecule has 1 aromatic carbocycles. The van der Waals surface area contributed by atoms with Crippen LogP contribution < -0.4 is 9.47 Å². The maximum Gasteiger partial charge on any atom is 0.120 e. The topological polar surface area (TPSA) is 18.5 Å². The highest BCUT2D eigenvalue weighted by Gasteiger charge is 1.95. The molecule has 0 unspecified atom stereocenters. The van der Waals surface area contributed by atoms with Crippen molar-refractivity contribution in [3.63, 3.8) is 0 Å². The van der Waals surface area contributed by atoms with E-state index in [1.807, 2.05) is 24.3 Å². The fraction of sp³-hybridized carbons (Fsp3) is 0.385. The maximum atomic E-state index is 5.54. The number of allylic oxidation sites excluding steroid dienone is 1. The highest BCUT2D eigenvalue weighted by Crippen LogP contribution is 2.17. The second-order valence-electron chi connectivity index (χ2n) is 3.60. The number of halogens is 1. The van der Waals surface area contributed by atoms with E-state index in [1.54, 1.807) is 0 Å². The summed E-state index contributed by atoms with van der Waals surface area (Å²) >= 11 is 3.31. The van der Waals surface area contributed by atoms with Gasteiger partial charge in [0.25, 0.3) is 0 Å². The van der Waals surface area contributed by atoms with Crippen LogP contribution in [0.15, 0.2) is 35.9 Å². The molecule has 0 fully saturated rings. The highest BCUT2D eigenvalue weighted by molar-refractivity contribution is 9.09. The predicted octanol–water partition coefficient (Wildman–Crippen LogP) is 3.81. The summed E-state index contributed by atoms with van der Waals surface area (Å²) in [6.07, 6.45) is 2.05. The van der Waals surface area contributed by atoms with Gasteiger partial charge in [-0.05, 0) is 44.2 Å². The molecule has 0 atom stereocenters. The summed E-state index contributed by atoms with van der Waals surface area (Å²) in [5, 5.41) is 0.839. The lowest BCUT2D eigenvalue weighted by atomic mass is 10.3. The smallest absolute Gasteiger partial charge is 0.120 e. The molecule has 3 heteroatoms. The molecular weight excluding hydrogens is 268 g/mol. The van der Waals surface area contributed by atoms with Gasteiger partial charge >= 0.3 is 0 Å². The maximum absolute atomic E-state index is 5.54. The Balaban J connectivity index is 2.42. The van der Waals surface area contributed by atoms with Crippen molar-refractivity contribution in [3.8, 4) is 11.5 Å². The minimum Gasteiger partial charge on any atom is -0.493 e. The Kier molecular flexibility index (Phi) is 6.01. The lowest BCUT2D eigenvalue weighted by Gasteiger charge is -2.06. The second kappa shape index (κ2) is 7.34. The molecule has 1 aromatic rings. The Morgan fingerprint density at radius 3 is 2.19 bits per heavy atom. The molecule has 16 heavy (non-hydrogen) atoms. The van der Waals surface area contributed by atoms with E-state index >= 15 is 0 Å². The summed E-state index contributed by atoms with van der Waals surface area (Å²) in [5.41, 5.74) is 1.26. The van der Waals surface area contributed by atoms with E-state index < -0.39 is 0 Å². The molecule has 0 spiro atoms. The van der Waals surface area contributed by atoms with Gasteiger partial charge in [-0.15, -0.1) is 0 Å². The van der Waals surface area contributed by atoms with Crippen LogP contribution in [0, 0.1) is 0 Å². The summed E-state index contributed by atoms with van der Waals surface area (Å²) in [7, 11) is 0. The quantitative estimate of drug-likeness (QED) is 0.584. The van der Waals surface area contributed by atoms with Gasteiger partial charge < -0.3 is 9.47 Å². The number of benzene rings is 1. The molecule has 0 aliphatic rings. The van der Waals surface area contributed by atoms with Crippen LogP contribution in [0.3, 0.4) is 0 Å². The Morgan fingerprint density at radius 2 is 1.69 bits per heavy atom. The third-order valence-electron chi connectivity index (χ3n) is 1.91. The van der Waals surface area contributed by atoms with Gasteiger partial charge in [0.05, 0.1) is 6.61 Å². The molecule has 0 aliphatic carbocycles. The van der Waals surface area contributed by atoms with E-state index in [-0.39, 0.29) is 0 Å². The molecule has 1 rings (SSSR count). The first-order chi connectivity index (χ1) is 7.72. The molecule has 0 saturated carbocycles. The summed E-state index contributed by atoms with van der Waals surface area (Å²) in [5.74, 6) is 1.73. The molecule has 0 aromatic heterocycles. The average molecular weight is 285 g/mol. The van der Waals surface area contributed by atoms with Gasteiger partial charge in [-0.25, -0.2) is 0 Å². The first-order valence-corrected chi connectivity index (χ1v) is 6.39. The standard InChI is InChI=1S/C13H17BrO2/c1-11(2)7-9-15-12-3-5-13(6-4-12)16-10-8-14/h3-7H,8-10H2,1-2H3. The summed E-state index contributed by atoms with van der Waals surface area (Å²) in [6.45, 7) is 5.41. The van der Waals surface area contributed by atoms with Gasteiger partial charge in [-0.3, -0.25) is 0 Å². The number of hydrogen-bond acceptors (Lipinski definition) is 2. The molecule has 0 amide bonds. The zero-order valence-electron chi connectivity index (χ0n) is 9.70. The van der Waals surface area contributed by atoms with Gasteiger partial charge in [-0.2, -0.15) is 0 Å². The van der Waals surface area contributed by atoms with Crippen LogP contribution in [0.5, 0.6) is 11.5 Å². The van der Waals surface area contributed by atoms with Crippen molar-refractivity contribution in [2.75, 3.05) is 18.5 Å². The number of alkyl halides is 1. The summed E-state index contributed by atoms with van der Waals surface area (Å²) < 4.78 is 11.0. The van der Waals surface area contributed by atoms with E-state index in [9.17, 15) is 0 Å². The molecule has 0 bridgehead atoms. The van der Waals surface area contributed by atoms with Crippen LogP contribution in [-0.4, -0.2) is 18.5 Å². The highest BCUT2D eigenvalue weighted by atomic mass is 79.9. The van der Waals surface area contributed by atoms with Crippen LogP contribution in [-0.2, 0) is 0 Å². The van der Waals surface area contributed by atoms with Gasteiger partial charge in [0.2, 0.25) is 0 Å². The van der Waals surface area contributed by atoms with Gasteiger partial charge in [0.15, 0.2) is 0 Å². The van der Waals surface area contributed by atoms with E-state index in [0.717, 1.165) is 16.8 Å². The molecule has 0 saturated heterocycles. The molecule has 0 radical (unpaired) electrons. The zero-order chi connectivity index (χ0) is 11.8. The zero-order valence-corrected chi connectivity index (χ0v) is 11.3. The Hall–Kier alpha value is -0.960. The van der Waals surface area contributed by atoms with Gasteiger partial charge in [0.1, 0.15) is 18.1 Å². The molecular formula is C13H17BrO2. The van der Waals surface area contributed by atoms with Crippen LogP contribution in [0.4, 0.5) is 0 Å². The number of ether oxygens (including phenoxy) is 2. The van der Waals surface area contributed by atoms with E-state index in [2.05, 4.69) is 35.9 Å². The van der Waals surface area contributed by atoms with Crippen molar-refractivity contribution < 1.29 is 9.47 Å². The SMILES string of the molecule is CC(C)=CCOc1ccc(OCCBr)cc1. The van der Waals surface area contributed by atoms with E-state index in [1.165, 1.54) is 5.57 Å². The Bertz CT molecular complexity index is 326. The van der Waals surface area contributed by atoms with Crippen LogP contribution in [0.25, 0.3) is 0 Å². The van der Waals surface area contributed by atoms with Crippen molar-refractivity contribution in [2.24, 2.45) is 0 Å². The predicted molar refractivity (Wildman–Crippen MR) is 70.7 cm³/mol. The number of rotatable bonds is 6. The fourth-order valence-corrected chi connectivity index (χ4v) is 1.25. The minimum absolute atomic E-state index is 0.615. The van der Waals surface area contributed by atoms with Gasteiger partial charge in [0, 0.05) is 5.33 Å². The molecule has 0 N–H and O–H groups in total. The first-order valence-electron chi connectivity index (χ1n) is 5.27. The first kappa shape index (κ1) is 13.1. The summed E-state index contributed by atoms with van der Waals surface area (Å²) in [6, 6.07) is 7.67. The number of hydrogen-bond donors (Lipinski definition) is 0. The third kappa shape index (κ3) is 5.21. The normalized spacial score (nSPS) is 9.69. The van der Waals surface area contributed by atoms with Crippen molar-refractivity contribution in [3.05, 3.63) is 35.9 Å². The Labute approximate surface area is 105 Å². The molecule has 0 heterocycles. The van der Waals surface area contributed by atoms with E-state index in [4.69, 9.17) is 9.47 Å². The minimum atomic E-state index is 0.615. The largest absolute Gasteiger partial charge is 0.493 e. The van der Waals surface area contributed by atoms with Gasteiger partial charge in [-0.1, -0.05) is 21.5 Å². The Morgan fingerprint density at radius 1 is 1.12 bits per heavy atom. The van der Waals surface area contributed by atoms with Crippen LogP contribution in [0.1, 0.15) is 13.8 Å². The van der Waals surface area contributed by atoms with E-state index in [0.29, 0.717) is 13.2 Å². The lowest BCUT2D eigenvalue weighted by molar-refractivity contribution is 0.340. The van der Waals surface area contributed by atoms with Crippen LogP contribution >= 0.6 is 15.9 Å². The molecule has 2 nitrogen and oxygen atoms in total. The monoisotopic (exact) mass is 284 g/mol. The molecule has 0 aliphatic heterocycles. The van der Waals surface area contributed by atoms with Crippen molar-refractivity contribution in [1.29, 1.82) is 0 Å². The summed E-state index contributed by atoms with van der Waals surface area (Å²) in [4.78, 5) is 0. The lowest BCUT2D eigenvalue weighted by Crippen LogP contribution is -1.98. The van der Waals surface area contributed by atoms with Crippen molar-refractivity contribution in [2.45, 2.75) is 13.8 Å². The fourth-order valence-electron chi connectivity index (χ4n) is 1.09. The second-order valence-corrected chi connectivity index (χ2v) is 4.39.